The zero-order chi connectivity index (χ0) is 18.9. The van der Waals surface area contributed by atoms with Crippen molar-refractivity contribution in [1.29, 1.82) is 0 Å². The van der Waals surface area contributed by atoms with Gasteiger partial charge in [0.15, 0.2) is 5.96 Å². The normalized spacial score (nSPS) is 14.4. The number of hydrogen-bond acceptors (Lipinski definition) is 4. The van der Waals surface area contributed by atoms with Crippen molar-refractivity contribution in [3.8, 4) is 0 Å². The predicted octanol–water partition coefficient (Wildman–Crippen LogP) is 3.44. The van der Waals surface area contributed by atoms with Gasteiger partial charge in [0.2, 0.25) is 0 Å². The van der Waals surface area contributed by atoms with Gasteiger partial charge in [0.25, 0.3) is 0 Å². The van der Waals surface area contributed by atoms with Crippen LogP contribution in [0.3, 0.4) is 0 Å². The predicted molar refractivity (Wildman–Crippen MR) is 126 cm³/mol. The molecular weight excluding hydrogens is 489 g/mol. The van der Waals surface area contributed by atoms with Crippen LogP contribution in [0, 0.1) is 0 Å². The number of nitrogens with zero attached hydrogens (tertiary/aromatic N) is 3. The van der Waals surface area contributed by atoms with Gasteiger partial charge in [-0.05, 0) is 30.7 Å². The maximum atomic E-state index is 6.05. The first-order valence-corrected chi connectivity index (χ1v) is 9.67. The Balaban J connectivity index is 0.00000280. The molecule has 0 amide bonds. The summed E-state index contributed by atoms with van der Waals surface area (Å²) >= 11 is 6.05. The van der Waals surface area contributed by atoms with E-state index in [4.69, 9.17) is 16.3 Å². The van der Waals surface area contributed by atoms with Crippen molar-refractivity contribution in [2.75, 3.05) is 37.7 Å². The summed E-state index contributed by atoms with van der Waals surface area (Å²) in [7, 11) is 0. The lowest BCUT2D eigenvalue weighted by Gasteiger charge is -2.29. The number of halogens is 2. The minimum Gasteiger partial charge on any atom is -0.378 e. The third-order valence-electron chi connectivity index (χ3n) is 4.28. The average molecular weight is 516 g/mol. The SMILES string of the molecule is CCNC(=NCc1cccc(Cl)c1)NCc1cccnc1N1CCOCC1.I. The summed E-state index contributed by atoms with van der Waals surface area (Å²) in [6.07, 6.45) is 1.84. The van der Waals surface area contributed by atoms with Crippen LogP contribution >= 0.6 is 35.6 Å². The van der Waals surface area contributed by atoms with Crippen LogP contribution in [0.15, 0.2) is 47.6 Å². The molecule has 1 aliphatic heterocycles. The monoisotopic (exact) mass is 515 g/mol. The summed E-state index contributed by atoms with van der Waals surface area (Å²) in [4.78, 5) is 11.5. The molecule has 6 nitrogen and oxygen atoms in total. The van der Waals surface area contributed by atoms with E-state index in [0.717, 1.165) is 60.8 Å². The van der Waals surface area contributed by atoms with Crippen LogP contribution in [0.1, 0.15) is 18.1 Å². The van der Waals surface area contributed by atoms with Crippen molar-refractivity contribution in [3.63, 3.8) is 0 Å². The maximum Gasteiger partial charge on any atom is 0.191 e. The molecule has 0 spiro atoms. The van der Waals surface area contributed by atoms with Crippen LogP contribution < -0.4 is 15.5 Å². The van der Waals surface area contributed by atoms with Crippen LogP contribution in [0.2, 0.25) is 5.02 Å². The van der Waals surface area contributed by atoms with Crippen molar-refractivity contribution >= 4 is 47.4 Å². The first-order valence-electron chi connectivity index (χ1n) is 9.29. The number of guanidine groups is 1. The molecule has 0 bridgehead atoms. The molecule has 1 aromatic heterocycles. The number of aliphatic imine (C=N–C) groups is 1. The molecule has 28 heavy (non-hydrogen) atoms. The average Bonchev–Trinajstić information content (AvgIpc) is 2.71. The van der Waals surface area contributed by atoms with Crippen LogP contribution in [-0.2, 0) is 17.8 Å². The van der Waals surface area contributed by atoms with E-state index in [1.165, 1.54) is 0 Å². The Kier molecular flexibility index (Phi) is 9.80. The number of aromatic nitrogens is 1. The molecule has 2 heterocycles. The molecule has 0 aliphatic carbocycles. The second-order valence-corrected chi connectivity index (χ2v) is 6.70. The van der Waals surface area contributed by atoms with Crippen molar-refractivity contribution in [2.45, 2.75) is 20.0 Å². The Labute approximate surface area is 188 Å². The molecule has 1 aromatic carbocycles. The van der Waals surface area contributed by atoms with E-state index in [1.807, 2.05) is 36.5 Å². The summed E-state index contributed by atoms with van der Waals surface area (Å²) in [5, 5.41) is 7.43. The third-order valence-corrected chi connectivity index (χ3v) is 4.51. The molecule has 0 unspecified atom stereocenters. The molecular formula is C20H27ClIN5O. The summed E-state index contributed by atoms with van der Waals surface area (Å²) in [5.41, 5.74) is 2.22. The number of hydrogen-bond donors (Lipinski definition) is 2. The largest absolute Gasteiger partial charge is 0.378 e. The van der Waals surface area contributed by atoms with E-state index in [2.05, 4.69) is 38.5 Å². The summed E-state index contributed by atoms with van der Waals surface area (Å²) in [6, 6.07) is 11.8. The highest BCUT2D eigenvalue weighted by molar-refractivity contribution is 14.0. The fraction of sp³-hybridized carbons (Fsp3) is 0.400. The van der Waals surface area contributed by atoms with Crippen molar-refractivity contribution < 1.29 is 4.74 Å². The van der Waals surface area contributed by atoms with Crippen molar-refractivity contribution in [3.05, 3.63) is 58.7 Å². The lowest BCUT2D eigenvalue weighted by Crippen LogP contribution is -2.39. The first-order chi connectivity index (χ1) is 13.3. The molecule has 1 saturated heterocycles. The topological polar surface area (TPSA) is 61.8 Å². The van der Waals surface area contributed by atoms with Gasteiger partial charge in [-0.3, -0.25) is 0 Å². The van der Waals surface area contributed by atoms with E-state index < -0.39 is 0 Å². The molecule has 0 radical (unpaired) electrons. The zero-order valence-corrected chi connectivity index (χ0v) is 19.1. The summed E-state index contributed by atoms with van der Waals surface area (Å²) in [6.45, 7) is 7.30. The van der Waals surface area contributed by atoms with Crippen LogP contribution in [0.5, 0.6) is 0 Å². The molecule has 1 aliphatic rings. The quantitative estimate of drug-likeness (QED) is 0.351. The van der Waals surface area contributed by atoms with E-state index in [-0.39, 0.29) is 24.0 Å². The van der Waals surface area contributed by atoms with Gasteiger partial charge >= 0.3 is 0 Å². The van der Waals surface area contributed by atoms with Gasteiger partial charge in [-0.15, -0.1) is 24.0 Å². The number of nitrogens with one attached hydrogen (secondary N) is 2. The Morgan fingerprint density at radius 1 is 1.21 bits per heavy atom. The summed E-state index contributed by atoms with van der Waals surface area (Å²) < 4.78 is 5.45. The number of pyridine rings is 1. The second-order valence-electron chi connectivity index (χ2n) is 6.26. The van der Waals surface area contributed by atoms with Gasteiger partial charge in [0, 0.05) is 43.0 Å². The highest BCUT2D eigenvalue weighted by atomic mass is 127. The third kappa shape index (κ3) is 6.79. The molecule has 8 heteroatoms. The smallest absolute Gasteiger partial charge is 0.191 e. The summed E-state index contributed by atoms with van der Waals surface area (Å²) in [5.74, 6) is 1.79. The van der Waals surface area contributed by atoms with E-state index in [9.17, 15) is 0 Å². The Morgan fingerprint density at radius 3 is 2.79 bits per heavy atom. The highest BCUT2D eigenvalue weighted by Gasteiger charge is 2.15. The van der Waals surface area contributed by atoms with E-state index >= 15 is 0 Å². The minimum absolute atomic E-state index is 0. The van der Waals surface area contributed by atoms with Gasteiger partial charge in [0.05, 0.1) is 19.8 Å². The fourth-order valence-corrected chi connectivity index (χ4v) is 3.17. The number of benzene rings is 1. The Bertz CT molecular complexity index is 768. The van der Waals surface area contributed by atoms with Crippen LogP contribution in [0.25, 0.3) is 0 Å². The number of ether oxygens (including phenoxy) is 1. The Hall–Kier alpha value is -1.58. The van der Waals surface area contributed by atoms with Crippen molar-refractivity contribution in [1.82, 2.24) is 15.6 Å². The van der Waals surface area contributed by atoms with Crippen LogP contribution in [0.4, 0.5) is 5.82 Å². The highest BCUT2D eigenvalue weighted by Crippen LogP contribution is 2.18. The molecule has 0 atom stereocenters. The maximum absolute atomic E-state index is 6.05. The molecule has 1 fully saturated rings. The minimum atomic E-state index is 0. The van der Waals surface area contributed by atoms with Gasteiger partial charge in [-0.2, -0.15) is 0 Å². The standard InChI is InChI=1S/C20H26ClN5O.HI/c1-2-22-20(24-14-16-5-3-7-18(21)13-16)25-15-17-6-4-8-23-19(17)26-9-11-27-12-10-26;/h3-8,13H,2,9-12,14-15H2,1H3,(H2,22,24,25);1H. The van der Waals surface area contributed by atoms with E-state index in [0.29, 0.717) is 13.1 Å². The number of rotatable bonds is 6. The zero-order valence-electron chi connectivity index (χ0n) is 16.0. The van der Waals surface area contributed by atoms with Gasteiger partial charge < -0.3 is 20.3 Å². The van der Waals surface area contributed by atoms with Crippen molar-refractivity contribution in [2.24, 2.45) is 4.99 Å². The lowest BCUT2D eigenvalue weighted by atomic mass is 10.2. The molecule has 3 rings (SSSR count). The van der Waals surface area contributed by atoms with Gasteiger partial charge in [0.1, 0.15) is 5.82 Å². The van der Waals surface area contributed by atoms with Crippen LogP contribution in [-0.4, -0.2) is 43.8 Å². The molecule has 0 saturated carbocycles. The van der Waals surface area contributed by atoms with Gasteiger partial charge in [-0.25, -0.2) is 9.98 Å². The second kappa shape index (κ2) is 12.1. The number of morpholine rings is 1. The van der Waals surface area contributed by atoms with Gasteiger partial charge in [-0.1, -0.05) is 29.8 Å². The van der Waals surface area contributed by atoms with E-state index in [1.54, 1.807) is 0 Å². The molecule has 152 valence electrons. The molecule has 2 aromatic rings. The number of anilines is 1. The Morgan fingerprint density at radius 2 is 2.04 bits per heavy atom. The molecule has 2 N–H and O–H groups in total. The first kappa shape index (κ1) is 22.7. The fourth-order valence-electron chi connectivity index (χ4n) is 2.95. The lowest BCUT2D eigenvalue weighted by molar-refractivity contribution is 0.122.